The third kappa shape index (κ3) is 5.94. The van der Waals surface area contributed by atoms with E-state index in [2.05, 4.69) is 15.3 Å². The molecule has 0 saturated heterocycles. The summed E-state index contributed by atoms with van der Waals surface area (Å²) in [4.78, 5) is 30.8. The molecule has 0 aliphatic rings. The maximum atomic E-state index is 11.3. The first kappa shape index (κ1) is 27.8. The highest BCUT2D eigenvalue weighted by Crippen LogP contribution is 2.33. The number of hydrogen-bond acceptors (Lipinski definition) is 8. The maximum absolute atomic E-state index is 11.3. The van der Waals surface area contributed by atoms with Crippen LogP contribution in [-0.2, 0) is 12.5 Å². The number of rotatable bonds is 6. The number of carbonyl (C=O) groups excluding carboxylic acids is 1. The molecule has 11 heteroatoms. The Morgan fingerprint density at radius 2 is 1.84 bits per heavy atom. The average molecular weight is 521 g/mol. The molecule has 0 radical (unpaired) electrons. The van der Waals surface area contributed by atoms with E-state index in [1.54, 1.807) is 49.1 Å². The third-order valence-electron chi connectivity index (χ3n) is 5.76. The minimum Gasteiger partial charge on any atom is -0.494 e. The molecule has 200 valence electrons. The van der Waals surface area contributed by atoms with Gasteiger partial charge in [0.05, 0.1) is 23.9 Å². The van der Waals surface area contributed by atoms with Crippen LogP contribution >= 0.6 is 0 Å². The number of carboxylic acids is 1. The Morgan fingerprint density at radius 1 is 1.13 bits per heavy atom. The lowest BCUT2D eigenvalue weighted by Crippen LogP contribution is -2.18. The number of carbonyl (C=O) groups is 2. The number of nitrogens with zero attached hydrogens (tertiary/aromatic N) is 3. The minimum absolute atomic E-state index is 0.0927. The quantitative estimate of drug-likeness (QED) is 0.273. The van der Waals surface area contributed by atoms with Crippen LogP contribution in [0.4, 0.5) is 11.6 Å². The number of ether oxygens (including phenoxy) is 2. The number of nitrogens with one attached hydrogen (secondary N) is 1. The zero-order valence-corrected chi connectivity index (χ0v) is 22.2. The second-order valence-corrected chi connectivity index (χ2v) is 9.42. The Labute approximate surface area is 220 Å². The van der Waals surface area contributed by atoms with Gasteiger partial charge in [-0.1, -0.05) is 32.9 Å². The third-order valence-corrected chi connectivity index (χ3v) is 5.76. The largest absolute Gasteiger partial charge is 0.494 e. The van der Waals surface area contributed by atoms with E-state index < -0.39 is 11.9 Å². The first-order valence-electron chi connectivity index (χ1n) is 11.7. The molecular weight excluding hydrogens is 488 g/mol. The smallest absolute Gasteiger partial charge is 0.352 e. The van der Waals surface area contributed by atoms with Crippen LogP contribution in [0.1, 0.15) is 47.2 Å². The highest BCUT2D eigenvalue weighted by atomic mass is 16.5. The van der Waals surface area contributed by atoms with E-state index >= 15 is 0 Å². The predicted molar refractivity (Wildman–Crippen MR) is 146 cm³/mol. The van der Waals surface area contributed by atoms with Crippen LogP contribution in [-0.4, -0.2) is 45.7 Å². The van der Waals surface area contributed by atoms with Gasteiger partial charge in [0.25, 0.3) is 5.91 Å². The lowest BCUT2D eigenvalue weighted by atomic mass is 9.85. The zero-order valence-electron chi connectivity index (χ0n) is 22.2. The van der Waals surface area contributed by atoms with Gasteiger partial charge in [-0.25, -0.2) is 9.78 Å². The molecule has 0 aliphatic carbocycles. The molecule has 11 nitrogen and oxygen atoms in total. The van der Waals surface area contributed by atoms with Gasteiger partial charge in [-0.15, -0.1) is 0 Å². The Hall–Kier alpha value is -4.80. The van der Waals surface area contributed by atoms with Gasteiger partial charge in [-0.3, -0.25) is 4.79 Å². The molecule has 0 bridgehead atoms. The molecule has 2 aromatic heterocycles. The van der Waals surface area contributed by atoms with Crippen molar-refractivity contribution in [2.24, 2.45) is 12.8 Å². The van der Waals surface area contributed by atoms with E-state index in [0.29, 0.717) is 40.1 Å². The fourth-order valence-electron chi connectivity index (χ4n) is 3.79. The first-order valence-corrected chi connectivity index (χ1v) is 11.7. The number of aryl methyl sites for hydroxylation is 1. The topological polar surface area (TPSA) is 168 Å². The number of carboxylic acid groups (broad SMARTS) is 1. The fourth-order valence-corrected chi connectivity index (χ4v) is 3.79. The summed E-state index contributed by atoms with van der Waals surface area (Å²) in [5.74, 6) is 0.195. The van der Waals surface area contributed by atoms with Gasteiger partial charge in [0, 0.05) is 31.7 Å². The molecule has 0 atom stereocenters. The number of methoxy groups -OCH3 is 1. The van der Waals surface area contributed by atoms with Crippen LogP contribution in [0.5, 0.6) is 17.4 Å². The van der Waals surface area contributed by atoms with Gasteiger partial charge in [0.1, 0.15) is 5.69 Å². The Bertz CT molecular complexity index is 1490. The number of primary amides is 1. The summed E-state index contributed by atoms with van der Waals surface area (Å²) in [7, 11) is 4.88. The minimum atomic E-state index is -0.982. The zero-order chi connectivity index (χ0) is 28.2. The molecule has 6 N–H and O–H groups in total. The molecule has 0 spiro atoms. The van der Waals surface area contributed by atoms with E-state index in [1.165, 1.54) is 7.11 Å². The molecule has 38 heavy (non-hydrogen) atoms. The van der Waals surface area contributed by atoms with E-state index in [1.807, 2.05) is 39.0 Å². The summed E-state index contributed by atoms with van der Waals surface area (Å²) in [6.07, 6.45) is 1.59. The molecule has 1 amide bonds. The van der Waals surface area contributed by atoms with Crippen molar-refractivity contribution in [2.75, 3.05) is 25.2 Å². The van der Waals surface area contributed by atoms with Crippen molar-refractivity contribution in [2.45, 2.75) is 26.2 Å². The van der Waals surface area contributed by atoms with E-state index in [0.717, 1.165) is 10.9 Å². The van der Waals surface area contributed by atoms with Gasteiger partial charge in [-0.05, 0) is 35.2 Å². The predicted octanol–water partition coefficient (Wildman–Crippen LogP) is 4.17. The normalized spacial score (nSPS) is 10.9. The molecule has 2 aromatic carbocycles. The lowest BCUT2D eigenvalue weighted by molar-refractivity contribution is 0.0686. The van der Waals surface area contributed by atoms with E-state index in [4.69, 9.17) is 20.9 Å². The van der Waals surface area contributed by atoms with Crippen molar-refractivity contribution in [1.82, 2.24) is 14.5 Å². The number of aromatic carboxylic acids is 1. The van der Waals surface area contributed by atoms with Gasteiger partial charge in [-0.2, -0.15) is 4.98 Å². The number of nitrogen functional groups attached to an aromatic ring is 1. The summed E-state index contributed by atoms with van der Waals surface area (Å²) in [6, 6.07) is 12.2. The monoisotopic (exact) mass is 520 g/mol. The molecular formula is C27H32N6O5. The van der Waals surface area contributed by atoms with Crippen molar-refractivity contribution >= 4 is 34.4 Å². The SMILES string of the molecule is CNc1nccc(Oc2cccc3cc(C(=O)O)n(C)c23)n1.COc1c(N)cc(C(C)(C)C)cc1C(N)=O. The number of para-hydroxylation sites is 1. The number of anilines is 2. The van der Waals surface area contributed by atoms with Crippen LogP contribution in [0.2, 0.25) is 0 Å². The standard InChI is InChI=1S/C15H14N4O3.C12H18N2O2/c1-16-15-17-7-6-12(18-15)22-11-5-3-4-9-8-10(14(20)21)19(2)13(9)11;1-12(2,3)7-5-8(11(14)15)10(16-4)9(13)6-7/h3-8H,1-2H3,(H,20,21)(H,16,17,18);5-6H,13H2,1-4H3,(H2,14,15). The molecule has 0 saturated carbocycles. The van der Waals surface area contributed by atoms with E-state index in [-0.39, 0.29) is 11.1 Å². The number of nitrogens with two attached hydrogens (primary N) is 2. The van der Waals surface area contributed by atoms with Gasteiger partial charge in [0.15, 0.2) is 11.5 Å². The molecule has 0 aliphatic heterocycles. The number of benzene rings is 2. The summed E-state index contributed by atoms with van der Waals surface area (Å²) >= 11 is 0. The van der Waals surface area contributed by atoms with Crippen molar-refractivity contribution in [3.8, 4) is 17.4 Å². The van der Waals surface area contributed by atoms with Gasteiger partial charge >= 0.3 is 5.97 Å². The fraction of sp³-hybridized carbons (Fsp3) is 0.259. The van der Waals surface area contributed by atoms with Gasteiger partial charge in [0.2, 0.25) is 11.8 Å². The van der Waals surface area contributed by atoms with Gasteiger partial charge < -0.3 is 35.9 Å². The molecule has 4 rings (SSSR count). The van der Waals surface area contributed by atoms with Crippen molar-refractivity contribution in [3.05, 3.63) is 65.5 Å². The Kier molecular flexibility index (Phi) is 8.10. The number of aromatic nitrogens is 3. The van der Waals surface area contributed by atoms with Crippen molar-refractivity contribution < 1.29 is 24.2 Å². The molecule has 0 fully saturated rings. The average Bonchev–Trinajstić information content (AvgIpc) is 3.21. The Balaban J connectivity index is 0.000000223. The second-order valence-electron chi connectivity index (χ2n) is 9.42. The summed E-state index contributed by atoms with van der Waals surface area (Å²) < 4.78 is 12.5. The number of hydrogen-bond donors (Lipinski definition) is 4. The summed E-state index contributed by atoms with van der Waals surface area (Å²) in [6.45, 7) is 6.12. The molecule has 4 aromatic rings. The molecule has 2 heterocycles. The summed E-state index contributed by atoms with van der Waals surface area (Å²) in [5.41, 5.74) is 13.7. The van der Waals surface area contributed by atoms with Crippen LogP contribution in [0.25, 0.3) is 10.9 Å². The highest BCUT2D eigenvalue weighted by molar-refractivity contribution is 5.98. The number of fused-ring (bicyclic) bond motifs is 1. The highest BCUT2D eigenvalue weighted by Gasteiger charge is 2.20. The lowest BCUT2D eigenvalue weighted by Gasteiger charge is -2.21. The maximum Gasteiger partial charge on any atom is 0.352 e. The van der Waals surface area contributed by atoms with E-state index in [9.17, 15) is 14.7 Å². The van der Waals surface area contributed by atoms with Crippen LogP contribution in [0.3, 0.4) is 0 Å². The summed E-state index contributed by atoms with van der Waals surface area (Å²) in [5, 5.41) is 12.9. The second kappa shape index (κ2) is 11.1. The van der Waals surface area contributed by atoms with Crippen LogP contribution in [0.15, 0.2) is 48.7 Å². The van der Waals surface area contributed by atoms with Crippen molar-refractivity contribution in [1.29, 1.82) is 0 Å². The Morgan fingerprint density at radius 3 is 2.42 bits per heavy atom. The van der Waals surface area contributed by atoms with Crippen LogP contribution < -0.4 is 26.3 Å². The first-order chi connectivity index (χ1) is 17.9. The number of amides is 1. The van der Waals surface area contributed by atoms with Crippen LogP contribution in [0, 0.1) is 0 Å². The molecule has 0 unspecified atom stereocenters. The van der Waals surface area contributed by atoms with Crippen molar-refractivity contribution in [3.63, 3.8) is 0 Å².